The number of carbonyl (C=O) groups is 1. The van der Waals surface area contributed by atoms with Gasteiger partial charge in [-0.05, 0) is 56.0 Å². The van der Waals surface area contributed by atoms with E-state index >= 15 is 0 Å². The molecule has 0 aliphatic carbocycles. The maximum atomic E-state index is 12.5. The van der Waals surface area contributed by atoms with E-state index in [1.807, 2.05) is 6.07 Å². The van der Waals surface area contributed by atoms with Crippen molar-refractivity contribution < 1.29 is 9.53 Å². The van der Waals surface area contributed by atoms with Gasteiger partial charge in [-0.15, -0.1) is 0 Å². The van der Waals surface area contributed by atoms with Crippen LogP contribution in [0.15, 0.2) is 36.5 Å². The molecule has 3 heterocycles. The van der Waals surface area contributed by atoms with Gasteiger partial charge in [0.1, 0.15) is 5.82 Å². The zero-order chi connectivity index (χ0) is 20.2. The standard InChI is InChI=1S/C23H30N4O2/c1-17-5-3-7-21(18(17)2)26-10-12-27(13-11-26)22-15-19(8-9-24-22)23(28)25-16-20-6-4-14-29-20/h3,5,7-9,15,20H,4,6,10-14,16H2,1-2H3,(H,25,28). The van der Waals surface area contributed by atoms with Gasteiger partial charge in [0.15, 0.2) is 0 Å². The van der Waals surface area contributed by atoms with E-state index in [-0.39, 0.29) is 12.0 Å². The van der Waals surface area contributed by atoms with E-state index < -0.39 is 0 Å². The molecule has 2 aromatic rings. The molecule has 0 saturated carbocycles. The summed E-state index contributed by atoms with van der Waals surface area (Å²) in [7, 11) is 0. The van der Waals surface area contributed by atoms with Gasteiger partial charge in [0.25, 0.3) is 5.91 Å². The van der Waals surface area contributed by atoms with Gasteiger partial charge in [-0.1, -0.05) is 12.1 Å². The summed E-state index contributed by atoms with van der Waals surface area (Å²) in [6.45, 7) is 9.40. The van der Waals surface area contributed by atoms with Crippen molar-refractivity contribution in [3.63, 3.8) is 0 Å². The van der Waals surface area contributed by atoms with Gasteiger partial charge >= 0.3 is 0 Å². The second-order valence-electron chi connectivity index (χ2n) is 7.94. The van der Waals surface area contributed by atoms with Crippen molar-refractivity contribution in [2.24, 2.45) is 0 Å². The number of pyridine rings is 1. The molecule has 29 heavy (non-hydrogen) atoms. The van der Waals surface area contributed by atoms with Crippen molar-refractivity contribution in [3.8, 4) is 0 Å². The van der Waals surface area contributed by atoms with Crippen LogP contribution in [-0.2, 0) is 4.74 Å². The Morgan fingerprint density at radius 2 is 1.97 bits per heavy atom. The Balaban J connectivity index is 1.36. The van der Waals surface area contributed by atoms with Gasteiger partial charge in [-0.25, -0.2) is 4.98 Å². The number of rotatable bonds is 5. The lowest BCUT2D eigenvalue weighted by Gasteiger charge is -2.37. The normalized spacial score (nSPS) is 19.4. The largest absolute Gasteiger partial charge is 0.376 e. The Hall–Kier alpha value is -2.60. The number of amides is 1. The van der Waals surface area contributed by atoms with Crippen LogP contribution in [0, 0.1) is 13.8 Å². The molecule has 0 radical (unpaired) electrons. The topological polar surface area (TPSA) is 57.7 Å². The molecule has 2 fully saturated rings. The highest BCUT2D eigenvalue weighted by molar-refractivity contribution is 5.94. The molecule has 154 valence electrons. The summed E-state index contributed by atoms with van der Waals surface area (Å²) in [6.07, 6.45) is 3.98. The van der Waals surface area contributed by atoms with Crippen molar-refractivity contribution in [3.05, 3.63) is 53.2 Å². The van der Waals surface area contributed by atoms with Crippen LogP contribution in [0.2, 0.25) is 0 Å². The molecular formula is C23H30N4O2. The number of anilines is 2. The van der Waals surface area contributed by atoms with E-state index in [1.165, 1.54) is 16.8 Å². The van der Waals surface area contributed by atoms with E-state index in [9.17, 15) is 4.79 Å². The zero-order valence-corrected chi connectivity index (χ0v) is 17.4. The molecular weight excluding hydrogens is 364 g/mol. The molecule has 6 nitrogen and oxygen atoms in total. The summed E-state index contributed by atoms with van der Waals surface area (Å²) in [6, 6.07) is 10.2. The number of aromatic nitrogens is 1. The Labute approximate surface area is 172 Å². The van der Waals surface area contributed by atoms with Crippen molar-refractivity contribution in [1.29, 1.82) is 0 Å². The smallest absolute Gasteiger partial charge is 0.251 e. The summed E-state index contributed by atoms with van der Waals surface area (Å²) in [5.41, 5.74) is 4.65. The molecule has 6 heteroatoms. The number of aryl methyl sites for hydroxylation is 1. The molecule has 0 spiro atoms. The van der Waals surface area contributed by atoms with E-state index in [4.69, 9.17) is 4.74 Å². The Morgan fingerprint density at radius 3 is 2.72 bits per heavy atom. The molecule has 1 N–H and O–H groups in total. The van der Waals surface area contributed by atoms with Crippen LogP contribution in [0.4, 0.5) is 11.5 Å². The highest BCUT2D eigenvalue weighted by Crippen LogP contribution is 2.25. The highest BCUT2D eigenvalue weighted by atomic mass is 16.5. The zero-order valence-electron chi connectivity index (χ0n) is 17.4. The van der Waals surface area contributed by atoms with E-state index in [0.29, 0.717) is 12.1 Å². The van der Waals surface area contributed by atoms with E-state index in [2.05, 4.69) is 52.1 Å². The van der Waals surface area contributed by atoms with Gasteiger partial charge in [-0.3, -0.25) is 4.79 Å². The number of carbonyl (C=O) groups excluding carboxylic acids is 1. The second kappa shape index (κ2) is 8.82. The number of nitrogens with one attached hydrogen (secondary N) is 1. The SMILES string of the molecule is Cc1cccc(N2CCN(c3cc(C(=O)NCC4CCCO4)ccn3)CC2)c1C. The van der Waals surface area contributed by atoms with Crippen molar-refractivity contribution >= 4 is 17.4 Å². The molecule has 4 rings (SSSR count). The lowest BCUT2D eigenvalue weighted by molar-refractivity contribution is 0.0857. The molecule has 2 aliphatic rings. The van der Waals surface area contributed by atoms with Gasteiger partial charge in [0, 0.05) is 56.8 Å². The third-order valence-electron chi connectivity index (χ3n) is 6.04. The lowest BCUT2D eigenvalue weighted by atomic mass is 10.1. The summed E-state index contributed by atoms with van der Waals surface area (Å²) < 4.78 is 5.58. The fourth-order valence-electron chi connectivity index (χ4n) is 4.10. The molecule has 1 atom stereocenters. The maximum Gasteiger partial charge on any atom is 0.251 e. The Bertz CT molecular complexity index is 856. The van der Waals surface area contributed by atoms with Crippen LogP contribution < -0.4 is 15.1 Å². The van der Waals surface area contributed by atoms with Crippen molar-refractivity contribution in [1.82, 2.24) is 10.3 Å². The van der Waals surface area contributed by atoms with Crippen molar-refractivity contribution in [2.45, 2.75) is 32.8 Å². The monoisotopic (exact) mass is 394 g/mol. The molecule has 1 amide bonds. The first-order valence-electron chi connectivity index (χ1n) is 10.5. The fourth-order valence-corrected chi connectivity index (χ4v) is 4.10. The van der Waals surface area contributed by atoms with Crippen LogP contribution in [-0.4, -0.2) is 56.3 Å². The first kappa shape index (κ1) is 19.7. The van der Waals surface area contributed by atoms with Gasteiger partial charge < -0.3 is 19.9 Å². The van der Waals surface area contributed by atoms with Crippen LogP contribution >= 0.6 is 0 Å². The van der Waals surface area contributed by atoms with Gasteiger partial charge in [0.2, 0.25) is 0 Å². The Morgan fingerprint density at radius 1 is 1.17 bits per heavy atom. The second-order valence-corrected chi connectivity index (χ2v) is 7.94. The van der Waals surface area contributed by atoms with Crippen LogP contribution in [0.5, 0.6) is 0 Å². The molecule has 1 aromatic heterocycles. The minimum absolute atomic E-state index is 0.0572. The minimum Gasteiger partial charge on any atom is -0.376 e. The minimum atomic E-state index is -0.0572. The summed E-state index contributed by atoms with van der Waals surface area (Å²) in [5, 5.41) is 2.99. The van der Waals surface area contributed by atoms with E-state index in [1.54, 1.807) is 12.3 Å². The average molecular weight is 395 g/mol. The van der Waals surface area contributed by atoms with E-state index in [0.717, 1.165) is 51.4 Å². The fraction of sp³-hybridized carbons (Fsp3) is 0.478. The lowest BCUT2D eigenvalue weighted by Crippen LogP contribution is -2.47. The first-order chi connectivity index (χ1) is 14.1. The number of hydrogen-bond donors (Lipinski definition) is 1. The third-order valence-corrected chi connectivity index (χ3v) is 6.04. The molecule has 0 bridgehead atoms. The van der Waals surface area contributed by atoms with Crippen LogP contribution in [0.1, 0.15) is 34.3 Å². The van der Waals surface area contributed by atoms with Crippen LogP contribution in [0.3, 0.4) is 0 Å². The quantitative estimate of drug-likeness (QED) is 0.845. The number of nitrogens with zero attached hydrogens (tertiary/aromatic N) is 3. The number of piperazine rings is 1. The number of ether oxygens (including phenoxy) is 1. The average Bonchev–Trinajstić information content (AvgIpc) is 3.28. The predicted octanol–water partition coefficient (Wildman–Crippen LogP) is 2.93. The summed E-state index contributed by atoms with van der Waals surface area (Å²) in [5.74, 6) is 0.813. The molecule has 1 aromatic carbocycles. The Kier molecular flexibility index (Phi) is 6.00. The van der Waals surface area contributed by atoms with Crippen molar-refractivity contribution in [2.75, 3.05) is 49.1 Å². The molecule has 1 unspecified atom stereocenters. The van der Waals surface area contributed by atoms with Crippen LogP contribution in [0.25, 0.3) is 0 Å². The number of benzene rings is 1. The summed E-state index contributed by atoms with van der Waals surface area (Å²) >= 11 is 0. The predicted molar refractivity (Wildman–Crippen MR) is 116 cm³/mol. The molecule has 2 aliphatic heterocycles. The third kappa shape index (κ3) is 4.53. The number of hydrogen-bond acceptors (Lipinski definition) is 5. The van der Waals surface area contributed by atoms with Gasteiger partial charge in [-0.2, -0.15) is 0 Å². The first-order valence-corrected chi connectivity index (χ1v) is 10.5. The highest BCUT2D eigenvalue weighted by Gasteiger charge is 2.21. The van der Waals surface area contributed by atoms with Gasteiger partial charge in [0.05, 0.1) is 6.10 Å². The maximum absolute atomic E-state index is 12.5. The molecule has 2 saturated heterocycles. The summed E-state index contributed by atoms with van der Waals surface area (Å²) in [4.78, 5) is 21.7.